The molecule has 7 heteroatoms. The van der Waals surface area contributed by atoms with Crippen molar-refractivity contribution in [3.05, 3.63) is 28.1 Å². The Morgan fingerprint density at radius 1 is 1.75 bits per heavy atom. The van der Waals surface area contributed by atoms with E-state index in [1.807, 2.05) is 0 Å². The van der Waals surface area contributed by atoms with Crippen molar-refractivity contribution in [2.45, 2.75) is 19.4 Å². The van der Waals surface area contributed by atoms with E-state index in [4.69, 9.17) is 5.11 Å². The zero-order chi connectivity index (χ0) is 12.1. The molecule has 0 aliphatic rings. The molecule has 0 fully saturated rings. The quantitative estimate of drug-likeness (QED) is 0.500. The fraction of sp³-hybridized carbons (Fsp3) is 0.444. The van der Waals surface area contributed by atoms with Crippen LogP contribution in [0.3, 0.4) is 0 Å². The third-order valence-corrected chi connectivity index (χ3v) is 1.97. The van der Waals surface area contributed by atoms with Crippen molar-refractivity contribution in [1.82, 2.24) is 10.3 Å². The van der Waals surface area contributed by atoms with Crippen molar-refractivity contribution < 1.29 is 14.8 Å². The predicted octanol–water partition coefficient (Wildman–Crippen LogP) is 0.424. The second-order valence-corrected chi connectivity index (χ2v) is 3.42. The van der Waals surface area contributed by atoms with Gasteiger partial charge in [-0.2, -0.15) is 0 Å². The third-order valence-electron chi connectivity index (χ3n) is 1.97. The Hall–Kier alpha value is -1.89. The number of nitrogens with one attached hydrogen (secondary N) is 2. The van der Waals surface area contributed by atoms with Gasteiger partial charge >= 0.3 is 0 Å². The maximum absolute atomic E-state index is 11.4. The zero-order valence-electron chi connectivity index (χ0n) is 8.77. The molecule has 1 amide bonds. The number of aromatic amines is 1. The number of hydrogen-bond acceptors (Lipinski definition) is 4. The number of nitro groups is 1. The number of aromatic nitrogens is 1. The molecule has 0 aromatic carbocycles. The molecule has 88 valence electrons. The number of carbonyl (C=O) groups is 1. The Morgan fingerprint density at radius 3 is 2.94 bits per heavy atom. The summed E-state index contributed by atoms with van der Waals surface area (Å²) in [5.41, 5.74) is -0.0158. The summed E-state index contributed by atoms with van der Waals surface area (Å²) in [5, 5.41) is 21.9. The van der Waals surface area contributed by atoms with Crippen molar-refractivity contribution in [2.75, 3.05) is 6.54 Å². The van der Waals surface area contributed by atoms with E-state index >= 15 is 0 Å². The van der Waals surface area contributed by atoms with E-state index in [9.17, 15) is 14.9 Å². The molecule has 7 nitrogen and oxygen atoms in total. The first-order valence-electron chi connectivity index (χ1n) is 4.79. The molecule has 1 heterocycles. The Bertz CT molecular complexity index is 386. The molecule has 1 unspecified atom stereocenters. The van der Waals surface area contributed by atoms with E-state index in [-0.39, 0.29) is 11.4 Å². The minimum Gasteiger partial charge on any atom is -0.393 e. The van der Waals surface area contributed by atoms with Gasteiger partial charge in [0.25, 0.3) is 11.6 Å². The van der Waals surface area contributed by atoms with Gasteiger partial charge < -0.3 is 15.4 Å². The standard InChI is InChI=1S/C9H13N3O4/c1-6(13)2-3-10-9(14)8-4-7(5-11-8)12(15)16/h4-6,11,13H,2-3H2,1H3,(H,10,14). The molecular formula is C9H13N3O4. The summed E-state index contributed by atoms with van der Waals surface area (Å²) in [5.74, 6) is -0.422. The third kappa shape index (κ3) is 3.35. The number of hydrogen-bond donors (Lipinski definition) is 3. The first kappa shape index (κ1) is 12.2. The van der Waals surface area contributed by atoms with Crippen molar-refractivity contribution in [1.29, 1.82) is 0 Å². The molecule has 0 aliphatic heterocycles. The molecule has 0 bridgehead atoms. The molecule has 0 saturated carbocycles. The lowest BCUT2D eigenvalue weighted by Crippen LogP contribution is -2.26. The van der Waals surface area contributed by atoms with Crippen LogP contribution in [-0.2, 0) is 0 Å². The summed E-state index contributed by atoms with van der Waals surface area (Å²) in [6.45, 7) is 1.94. The molecule has 1 rings (SSSR count). The van der Waals surface area contributed by atoms with E-state index in [0.29, 0.717) is 13.0 Å². The van der Waals surface area contributed by atoms with Crippen LogP contribution in [-0.4, -0.2) is 33.6 Å². The van der Waals surface area contributed by atoms with E-state index in [1.165, 1.54) is 0 Å². The highest BCUT2D eigenvalue weighted by Gasteiger charge is 2.13. The lowest BCUT2D eigenvalue weighted by molar-refractivity contribution is -0.384. The summed E-state index contributed by atoms with van der Waals surface area (Å²) < 4.78 is 0. The molecule has 1 aromatic rings. The van der Waals surface area contributed by atoms with Gasteiger partial charge in [0.2, 0.25) is 0 Å². The Balaban J connectivity index is 2.50. The SMILES string of the molecule is CC(O)CCNC(=O)c1cc([N+](=O)[O-])c[nH]1. The van der Waals surface area contributed by atoms with Crippen LogP contribution in [0.5, 0.6) is 0 Å². The fourth-order valence-electron chi connectivity index (χ4n) is 1.11. The molecule has 0 aliphatic carbocycles. The Kier molecular flexibility index (Phi) is 4.01. The number of nitrogens with zero attached hydrogens (tertiary/aromatic N) is 1. The van der Waals surface area contributed by atoms with E-state index < -0.39 is 16.9 Å². The van der Waals surface area contributed by atoms with Crippen molar-refractivity contribution >= 4 is 11.6 Å². The van der Waals surface area contributed by atoms with Crippen molar-refractivity contribution in [2.24, 2.45) is 0 Å². The normalized spacial score (nSPS) is 12.1. The molecule has 3 N–H and O–H groups in total. The van der Waals surface area contributed by atoms with Crippen LogP contribution >= 0.6 is 0 Å². The highest BCUT2D eigenvalue weighted by atomic mass is 16.6. The van der Waals surface area contributed by atoms with E-state index in [2.05, 4.69) is 10.3 Å². The van der Waals surface area contributed by atoms with Crippen LogP contribution in [0.15, 0.2) is 12.3 Å². The second kappa shape index (κ2) is 5.26. The van der Waals surface area contributed by atoms with Gasteiger partial charge in [0.15, 0.2) is 0 Å². The van der Waals surface area contributed by atoms with Gasteiger partial charge in [-0.25, -0.2) is 0 Å². The van der Waals surface area contributed by atoms with Gasteiger partial charge in [-0.05, 0) is 13.3 Å². The van der Waals surface area contributed by atoms with Gasteiger partial charge in [0.1, 0.15) is 5.69 Å². The topological polar surface area (TPSA) is 108 Å². The van der Waals surface area contributed by atoms with Crippen LogP contribution in [0, 0.1) is 10.1 Å². The highest BCUT2D eigenvalue weighted by molar-refractivity contribution is 5.93. The molecule has 0 saturated heterocycles. The predicted molar refractivity (Wildman–Crippen MR) is 56.1 cm³/mol. The molecule has 0 radical (unpaired) electrons. The fourth-order valence-corrected chi connectivity index (χ4v) is 1.11. The van der Waals surface area contributed by atoms with E-state index in [0.717, 1.165) is 12.3 Å². The largest absolute Gasteiger partial charge is 0.393 e. The van der Waals surface area contributed by atoms with Crippen LogP contribution < -0.4 is 5.32 Å². The maximum atomic E-state index is 11.4. The van der Waals surface area contributed by atoms with Gasteiger partial charge in [-0.15, -0.1) is 0 Å². The lowest BCUT2D eigenvalue weighted by Gasteiger charge is -2.04. The number of H-pyrrole nitrogens is 1. The van der Waals surface area contributed by atoms with Crippen LogP contribution in [0.2, 0.25) is 0 Å². The maximum Gasteiger partial charge on any atom is 0.287 e. The molecular weight excluding hydrogens is 214 g/mol. The van der Waals surface area contributed by atoms with Crippen LogP contribution in [0.4, 0.5) is 5.69 Å². The minimum atomic E-state index is -0.580. The number of aliphatic hydroxyl groups is 1. The van der Waals surface area contributed by atoms with Crippen molar-refractivity contribution in [3.63, 3.8) is 0 Å². The summed E-state index contributed by atoms with van der Waals surface area (Å²) in [4.78, 5) is 23.7. The summed E-state index contributed by atoms with van der Waals surface area (Å²) >= 11 is 0. The van der Waals surface area contributed by atoms with Gasteiger partial charge in [0, 0.05) is 12.6 Å². The van der Waals surface area contributed by atoms with Gasteiger partial charge in [-0.1, -0.05) is 0 Å². The van der Waals surface area contributed by atoms with Crippen LogP contribution in [0.25, 0.3) is 0 Å². The monoisotopic (exact) mass is 227 g/mol. The smallest absolute Gasteiger partial charge is 0.287 e. The van der Waals surface area contributed by atoms with Gasteiger partial charge in [-0.3, -0.25) is 14.9 Å². The summed E-state index contributed by atoms with van der Waals surface area (Å²) in [7, 11) is 0. The molecule has 0 spiro atoms. The van der Waals surface area contributed by atoms with Crippen molar-refractivity contribution in [3.8, 4) is 0 Å². The second-order valence-electron chi connectivity index (χ2n) is 3.42. The average molecular weight is 227 g/mol. The first-order chi connectivity index (χ1) is 7.50. The average Bonchev–Trinajstić information content (AvgIpc) is 2.65. The molecule has 1 aromatic heterocycles. The Labute approximate surface area is 91.6 Å². The summed E-state index contributed by atoms with van der Waals surface area (Å²) in [6.07, 6.45) is 1.11. The highest BCUT2D eigenvalue weighted by Crippen LogP contribution is 2.11. The number of rotatable bonds is 5. The number of aliphatic hydroxyl groups excluding tert-OH is 1. The zero-order valence-corrected chi connectivity index (χ0v) is 8.77. The molecule has 1 atom stereocenters. The van der Waals surface area contributed by atoms with E-state index in [1.54, 1.807) is 6.92 Å². The number of amides is 1. The first-order valence-corrected chi connectivity index (χ1v) is 4.79. The van der Waals surface area contributed by atoms with Crippen LogP contribution in [0.1, 0.15) is 23.8 Å². The molecule has 16 heavy (non-hydrogen) atoms. The minimum absolute atomic E-state index is 0.136. The number of carbonyl (C=O) groups excluding carboxylic acids is 1. The van der Waals surface area contributed by atoms with Gasteiger partial charge in [0.05, 0.1) is 17.2 Å². The summed E-state index contributed by atoms with van der Waals surface area (Å²) in [6, 6.07) is 1.16. The Morgan fingerprint density at radius 2 is 2.44 bits per heavy atom. The lowest BCUT2D eigenvalue weighted by atomic mass is 10.3.